The maximum absolute atomic E-state index is 11.5. The molecular weight excluding hydrogens is 598 g/mol. The molecule has 0 aliphatic carbocycles. The number of nitrogens with zero attached hydrogens (tertiary/aromatic N) is 7. The molecule has 3 aromatic rings. The number of carbonyl (C=O) groups is 1. The Hall–Kier alpha value is -3.78. The minimum absolute atomic E-state index is 0.320. The SMILES string of the molecule is CCCN1CCN(c2cc(OC)ncn2)CC1.COc1cc(Cl)ncn1.O=C(NCCN1CCNCC1)OCc1ccccc1. The third kappa shape index (κ3) is 14.2. The average molecular weight is 644 g/mol. The van der Waals surface area contributed by atoms with Gasteiger partial charge in [-0.3, -0.25) is 9.80 Å². The predicted molar refractivity (Wildman–Crippen MR) is 175 cm³/mol. The second kappa shape index (κ2) is 21.0. The van der Waals surface area contributed by atoms with Gasteiger partial charge in [0.2, 0.25) is 11.8 Å². The Bertz CT molecular complexity index is 1230. The molecule has 14 heteroatoms. The number of alkyl carbamates (subject to hydrolysis) is 1. The van der Waals surface area contributed by atoms with Crippen LogP contribution in [0.2, 0.25) is 5.15 Å². The van der Waals surface area contributed by atoms with Crippen molar-refractivity contribution in [2.75, 3.05) is 91.1 Å². The van der Waals surface area contributed by atoms with Gasteiger partial charge < -0.3 is 29.7 Å². The summed E-state index contributed by atoms with van der Waals surface area (Å²) in [6.07, 6.45) is 3.79. The summed E-state index contributed by atoms with van der Waals surface area (Å²) in [4.78, 5) is 34.3. The molecular formula is C31H46ClN9O4. The Morgan fingerprint density at radius 1 is 0.867 bits per heavy atom. The first kappa shape index (κ1) is 35.7. The summed E-state index contributed by atoms with van der Waals surface area (Å²) in [6, 6.07) is 13.1. The van der Waals surface area contributed by atoms with Crippen LogP contribution in [0.25, 0.3) is 0 Å². The molecule has 2 aliphatic heterocycles. The highest BCUT2D eigenvalue weighted by Crippen LogP contribution is 2.17. The minimum atomic E-state index is -0.348. The summed E-state index contributed by atoms with van der Waals surface area (Å²) in [7, 11) is 3.16. The number of aromatic nitrogens is 4. The first-order chi connectivity index (χ1) is 22.0. The van der Waals surface area contributed by atoms with Crippen molar-refractivity contribution in [1.82, 2.24) is 40.4 Å². The van der Waals surface area contributed by atoms with E-state index in [2.05, 4.69) is 52.2 Å². The summed E-state index contributed by atoms with van der Waals surface area (Å²) >= 11 is 5.49. The van der Waals surface area contributed by atoms with Crippen molar-refractivity contribution in [3.8, 4) is 11.8 Å². The zero-order chi connectivity index (χ0) is 32.1. The molecule has 2 fully saturated rings. The van der Waals surface area contributed by atoms with Gasteiger partial charge in [0, 0.05) is 77.6 Å². The van der Waals surface area contributed by atoms with Gasteiger partial charge in [0.05, 0.1) is 14.2 Å². The molecule has 1 aromatic carbocycles. The molecule has 0 unspecified atom stereocenters. The van der Waals surface area contributed by atoms with E-state index in [-0.39, 0.29) is 6.09 Å². The fourth-order valence-corrected chi connectivity index (χ4v) is 4.72. The van der Waals surface area contributed by atoms with Crippen LogP contribution in [0.4, 0.5) is 10.6 Å². The zero-order valence-corrected chi connectivity index (χ0v) is 27.3. The van der Waals surface area contributed by atoms with Gasteiger partial charge >= 0.3 is 6.09 Å². The molecule has 0 atom stereocenters. The Morgan fingerprint density at radius 2 is 1.51 bits per heavy atom. The molecule has 2 saturated heterocycles. The van der Waals surface area contributed by atoms with Crippen LogP contribution < -0.4 is 25.0 Å². The monoisotopic (exact) mass is 643 g/mol. The van der Waals surface area contributed by atoms with Crippen LogP contribution in [0.3, 0.4) is 0 Å². The number of carbonyl (C=O) groups excluding carboxylic acids is 1. The van der Waals surface area contributed by atoms with Gasteiger partial charge in [-0.2, -0.15) is 0 Å². The van der Waals surface area contributed by atoms with E-state index < -0.39 is 0 Å². The van der Waals surface area contributed by atoms with E-state index in [1.54, 1.807) is 19.5 Å². The normalized spacial score (nSPS) is 15.1. The molecule has 0 spiro atoms. The van der Waals surface area contributed by atoms with Crippen LogP contribution in [0.15, 0.2) is 55.1 Å². The molecule has 0 bridgehead atoms. The van der Waals surface area contributed by atoms with Crippen molar-refractivity contribution in [3.63, 3.8) is 0 Å². The maximum Gasteiger partial charge on any atom is 0.407 e. The molecule has 2 N–H and O–H groups in total. The van der Waals surface area contributed by atoms with Crippen molar-refractivity contribution < 1.29 is 19.0 Å². The third-order valence-corrected chi connectivity index (χ3v) is 7.22. The maximum atomic E-state index is 11.5. The van der Waals surface area contributed by atoms with Crippen LogP contribution in [0.5, 0.6) is 11.8 Å². The number of rotatable bonds is 10. The second-order valence-corrected chi connectivity index (χ2v) is 10.6. The summed E-state index contributed by atoms with van der Waals surface area (Å²) in [5, 5.41) is 6.47. The van der Waals surface area contributed by atoms with E-state index in [1.165, 1.54) is 26.4 Å². The fraction of sp³-hybridized carbons (Fsp3) is 0.516. The number of hydrogen-bond donors (Lipinski definition) is 2. The molecule has 2 aliphatic rings. The van der Waals surface area contributed by atoms with Crippen molar-refractivity contribution in [2.45, 2.75) is 20.0 Å². The van der Waals surface area contributed by atoms with E-state index in [9.17, 15) is 4.79 Å². The zero-order valence-electron chi connectivity index (χ0n) is 26.5. The molecule has 0 radical (unpaired) electrons. The lowest BCUT2D eigenvalue weighted by molar-refractivity contribution is 0.137. The van der Waals surface area contributed by atoms with Crippen molar-refractivity contribution in [2.24, 2.45) is 0 Å². The first-order valence-corrected chi connectivity index (χ1v) is 15.6. The first-order valence-electron chi connectivity index (χ1n) is 15.2. The Labute approximate surface area is 271 Å². The van der Waals surface area contributed by atoms with Crippen molar-refractivity contribution in [3.05, 3.63) is 65.8 Å². The van der Waals surface area contributed by atoms with Gasteiger partial charge in [0.25, 0.3) is 0 Å². The third-order valence-electron chi connectivity index (χ3n) is 7.01. The van der Waals surface area contributed by atoms with E-state index >= 15 is 0 Å². The topological polar surface area (TPSA) is 130 Å². The molecule has 1 amide bonds. The highest BCUT2D eigenvalue weighted by molar-refractivity contribution is 6.29. The highest BCUT2D eigenvalue weighted by Gasteiger charge is 2.17. The Morgan fingerprint density at radius 3 is 2.13 bits per heavy atom. The summed E-state index contributed by atoms with van der Waals surface area (Å²) in [6.45, 7) is 13.7. The standard InChI is InChI=1S/C14H21N3O2.C12H20N4O.C5H5ClN2O/c18-14(19-12-13-4-2-1-3-5-13)16-8-11-17-9-6-15-7-10-17;1-3-4-15-5-7-16(8-6-15)11-9-12(17-2)14-10-13-11;1-9-5-2-4(6)7-3-8-5/h1-5,15H,6-12H2,(H,16,18);9-10H,3-8H2,1-2H3;2-3H,1H3. The van der Waals surface area contributed by atoms with Gasteiger partial charge in [0.1, 0.15) is 30.2 Å². The molecule has 5 rings (SSSR count). The van der Waals surface area contributed by atoms with Crippen LogP contribution >= 0.6 is 11.6 Å². The fourth-order valence-electron chi connectivity index (χ4n) is 4.59. The number of halogens is 1. The smallest absolute Gasteiger partial charge is 0.407 e. The predicted octanol–water partition coefficient (Wildman–Crippen LogP) is 2.97. The highest BCUT2D eigenvalue weighted by atomic mass is 35.5. The summed E-state index contributed by atoms with van der Waals surface area (Å²) in [5.74, 6) is 2.08. The van der Waals surface area contributed by atoms with Crippen LogP contribution in [-0.4, -0.2) is 122 Å². The number of hydrogen-bond acceptors (Lipinski definition) is 12. The van der Waals surface area contributed by atoms with Crippen LogP contribution in [-0.2, 0) is 11.3 Å². The lowest BCUT2D eigenvalue weighted by Gasteiger charge is -2.35. The van der Waals surface area contributed by atoms with Gasteiger partial charge in [-0.1, -0.05) is 48.9 Å². The lowest BCUT2D eigenvalue weighted by atomic mass is 10.2. The quantitative estimate of drug-likeness (QED) is 0.315. The number of ether oxygens (including phenoxy) is 3. The molecule has 4 heterocycles. The Balaban J connectivity index is 0.000000195. The largest absolute Gasteiger partial charge is 0.481 e. The summed E-state index contributed by atoms with van der Waals surface area (Å²) in [5.41, 5.74) is 1.000. The number of amides is 1. The molecule has 45 heavy (non-hydrogen) atoms. The Kier molecular flexibility index (Phi) is 16.7. The number of benzene rings is 1. The van der Waals surface area contributed by atoms with Crippen LogP contribution in [0, 0.1) is 0 Å². The van der Waals surface area contributed by atoms with Gasteiger partial charge in [0.15, 0.2) is 0 Å². The van der Waals surface area contributed by atoms with E-state index in [0.29, 0.717) is 30.1 Å². The lowest BCUT2D eigenvalue weighted by Crippen LogP contribution is -2.46. The number of methoxy groups -OCH3 is 2. The van der Waals surface area contributed by atoms with Crippen molar-refractivity contribution >= 4 is 23.5 Å². The molecule has 2 aromatic heterocycles. The molecule has 0 saturated carbocycles. The van der Waals surface area contributed by atoms with Gasteiger partial charge in [-0.15, -0.1) is 0 Å². The van der Waals surface area contributed by atoms with E-state index in [4.69, 9.17) is 25.8 Å². The number of piperazine rings is 2. The van der Waals surface area contributed by atoms with E-state index in [0.717, 1.165) is 70.3 Å². The second-order valence-electron chi connectivity index (χ2n) is 10.2. The van der Waals surface area contributed by atoms with Gasteiger partial charge in [-0.25, -0.2) is 24.7 Å². The van der Waals surface area contributed by atoms with E-state index in [1.807, 2.05) is 36.4 Å². The van der Waals surface area contributed by atoms with Crippen molar-refractivity contribution in [1.29, 1.82) is 0 Å². The molecule has 13 nitrogen and oxygen atoms in total. The van der Waals surface area contributed by atoms with Crippen LogP contribution in [0.1, 0.15) is 18.9 Å². The molecule has 246 valence electrons. The minimum Gasteiger partial charge on any atom is -0.481 e. The summed E-state index contributed by atoms with van der Waals surface area (Å²) < 4.78 is 15.0. The number of nitrogens with one attached hydrogen (secondary N) is 2. The average Bonchev–Trinajstić information content (AvgIpc) is 3.09. The van der Waals surface area contributed by atoms with Gasteiger partial charge in [-0.05, 0) is 18.5 Å². The number of anilines is 1.